The highest BCUT2D eigenvalue weighted by Gasteiger charge is 2.09. The summed E-state index contributed by atoms with van der Waals surface area (Å²) < 4.78 is 47.6. The number of rotatable bonds is 8. The molecule has 0 aromatic heterocycles. The Balaban J connectivity index is 1.94. The van der Waals surface area contributed by atoms with Crippen LogP contribution in [-0.2, 0) is 0 Å². The van der Waals surface area contributed by atoms with Crippen LogP contribution in [0.2, 0.25) is 0 Å². The number of halogens is 2. The summed E-state index contributed by atoms with van der Waals surface area (Å²) in [6, 6.07) is 8.17. The third-order valence-electron chi connectivity index (χ3n) is 2.77. The fourth-order valence-corrected chi connectivity index (χ4v) is 1.78. The Labute approximate surface area is 134 Å². The zero-order valence-corrected chi connectivity index (χ0v) is 12.8. The van der Waals surface area contributed by atoms with Crippen molar-refractivity contribution in [3.63, 3.8) is 0 Å². The first-order chi connectivity index (χ1) is 11.1. The summed E-state index contributed by atoms with van der Waals surface area (Å²) in [5.41, 5.74) is 0. The SMILES string of the molecule is CCOc1cc(O[B]Oc2ccc(F)c(OCC)c2)ccc1F. The molecule has 0 bridgehead atoms. The van der Waals surface area contributed by atoms with Crippen molar-refractivity contribution < 1.29 is 27.6 Å². The first kappa shape index (κ1) is 16.9. The molecule has 0 saturated carbocycles. The summed E-state index contributed by atoms with van der Waals surface area (Å²) in [5, 5.41) is 0. The first-order valence-electron chi connectivity index (χ1n) is 7.13. The highest BCUT2D eigenvalue weighted by molar-refractivity contribution is 6.20. The molecule has 23 heavy (non-hydrogen) atoms. The maximum Gasteiger partial charge on any atom is 0.658 e. The predicted octanol–water partition coefficient (Wildman–Crippen LogP) is 3.75. The summed E-state index contributed by atoms with van der Waals surface area (Å²) in [4.78, 5) is 0. The molecular formula is C16H16BF2O4. The lowest BCUT2D eigenvalue weighted by Crippen LogP contribution is -2.11. The van der Waals surface area contributed by atoms with E-state index in [2.05, 4.69) is 0 Å². The van der Waals surface area contributed by atoms with E-state index >= 15 is 0 Å². The molecule has 0 heterocycles. The lowest BCUT2D eigenvalue weighted by molar-refractivity contribution is 0.319. The second kappa shape index (κ2) is 8.26. The Bertz CT molecular complexity index is 596. The molecule has 0 spiro atoms. The molecule has 0 atom stereocenters. The highest BCUT2D eigenvalue weighted by atomic mass is 19.1. The van der Waals surface area contributed by atoms with Crippen LogP contribution >= 0.6 is 0 Å². The van der Waals surface area contributed by atoms with E-state index in [0.29, 0.717) is 24.7 Å². The third-order valence-corrected chi connectivity index (χ3v) is 2.77. The number of hydrogen-bond acceptors (Lipinski definition) is 4. The zero-order valence-electron chi connectivity index (χ0n) is 12.8. The van der Waals surface area contributed by atoms with Gasteiger partial charge in [-0.1, -0.05) is 0 Å². The van der Waals surface area contributed by atoms with Crippen LogP contribution in [0.1, 0.15) is 13.8 Å². The van der Waals surface area contributed by atoms with Crippen molar-refractivity contribution >= 4 is 7.69 Å². The van der Waals surface area contributed by atoms with Gasteiger partial charge in [0.1, 0.15) is 11.5 Å². The molecule has 4 nitrogen and oxygen atoms in total. The standard InChI is InChI=1S/C16H16BF2O4/c1-3-20-15-9-11(5-7-13(15)18)22-17-23-12-6-8-14(19)16(10-12)21-4-2/h5-10H,3-4H2,1-2H3. The van der Waals surface area contributed by atoms with Gasteiger partial charge < -0.3 is 18.8 Å². The normalized spacial score (nSPS) is 10.1. The number of ether oxygens (including phenoxy) is 2. The molecule has 2 rings (SSSR count). The smallest absolute Gasteiger partial charge is 0.526 e. The van der Waals surface area contributed by atoms with Gasteiger partial charge in [0.05, 0.1) is 13.2 Å². The molecule has 0 N–H and O–H groups in total. The van der Waals surface area contributed by atoms with E-state index in [9.17, 15) is 8.78 Å². The molecule has 0 aliphatic heterocycles. The minimum atomic E-state index is -0.472. The molecular weight excluding hydrogens is 305 g/mol. The molecule has 0 aliphatic carbocycles. The van der Waals surface area contributed by atoms with Gasteiger partial charge in [0.25, 0.3) is 0 Å². The largest absolute Gasteiger partial charge is 0.658 e. The van der Waals surface area contributed by atoms with Gasteiger partial charge in [-0.15, -0.1) is 0 Å². The van der Waals surface area contributed by atoms with Crippen molar-refractivity contribution in [3.05, 3.63) is 48.0 Å². The van der Waals surface area contributed by atoms with Gasteiger partial charge in [0.2, 0.25) is 0 Å². The minimum Gasteiger partial charge on any atom is -0.526 e. The van der Waals surface area contributed by atoms with E-state index < -0.39 is 11.6 Å². The molecule has 0 unspecified atom stereocenters. The van der Waals surface area contributed by atoms with Crippen molar-refractivity contribution in [3.8, 4) is 23.0 Å². The lowest BCUT2D eigenvalue weighted by Gasteiger charge is -2.10. The Hall–Kier alpha value is -2.44. The van der Waals surface area contributed by atoms with Gasteiger partial charge in [-0.05, 0) is 38.1 Å². The van der Waals surface area contributed by atoms with E-state index in [1.807, 2.05) is 0 Å². The summed E-state index contributed by atoms with van der Waals surface area (Å²) >= 11 is 0. The molecule has 0 amide bonds. The van der Waals surface area contributed by atoms with Crippen LogP contribution in [0.5, 0.6) is 23.0 Å². The number of benzene rings is 2. The van der Waals surface area contributed by atoms with E-state index in [4.69, 9.17) is 18.8 Å². The fraction of sp³-hybridized carbons (Fsp3) is 0.250. The molecule has 7 heteroatoms. The number of hydrogen-bond donors (Lipinski definition) is 0. The summed E-state index contributed by atoms with van der Waals surface area (Å²) in [6.07, 6.45) is 0. The topological polar surface area (TPSA) is 36.9 Å². The van der Waals surface area contributed by atoms with Gasteiger partial charge in [-0.25, -0.2) is 8.78 Å². The zero-order chi connectivity index (χ0) is 16.7. The minimum absolute atomic E-state index is 0.0961. The van der Waals surface area contributed by atoms with Crippen molar-refractivity contribution in [1.29, 1.82) is 0 Å². The van der Waals surface area contributed by atoms with Gasteiger partial charge in [0.15, 0.2) is 23.1 Å². The van der Waals surface area contributed by atoms with E-state index in [1.165, 1.54) is 36.4 Å². The molecule has 1 radical (unpaired) electrons. The first-order valence-corrected chi connectivity index (χ1v) is 7.13. The Morgan fingerprint density at radius 1 is 0.783 bits per heavy atom. The molecule has 121 valence electrons. The monoisotopic (exact) mass is 321 g/mol. The van der Waals surface area contributed by atoms with Crippen LogP contribution in [0.3, 0.4) is 0 Å². The van der Waals surface area contributed by atoms with Gasteiger partial charge in [-0.3, -0.25) is 0 Å². The van der Waals surface area contributed by atoms with Crippen LogP contribution in [-0.4, -0.2) is 20.9 Å². The average molecular weight is 321 g/mol. The van der Waals surface area contributed by atoms with Crippen LogP contribution in [0.25, 0.3) is 0 Å². The van der Waals surface area contributed by atoms with Crippen LogP contribution in [0.15, 0.2) is 36.4 Å². The molecule has 2 aromatic rings. The van der Waals surface area contributed by atoms with Crippen molar-refractivity contribution in [2.24, 2.45) is 0 Å². The quantitative estimate of drug-likeness (QED) is 0.694. The van der Waals surface area contributed by atoms with Crippen LogP contribution in [0.4, 0.5) is 8.78 Å². The van der Waals surface area contributed by atoms with Crippen molar-refractivity contribution in [2.45, 2.75) is 13.8 Å². The Morgan fingerprint density at radius 3 is 1.61 bits per heavy atom. The molecule has 2 aromatic carbocycles. The maximum atomic E-state index is 13.4. The highest BCUT2D eigenvalue weighted by Crippen LogP contribution is 2.25. The lowest BCUT2D eigenvalue weighted by atomic mass is 10.2. The van der Waals surface area contributed by atoms with E-state index in [0.717, 1.165) is 7.69 Å². The average Bonchev–Trinajstić information content (AvgIpc) is 2.54. The predicted molar refractivity (Wildman–Crippen MR) is 82.1 cm³/mol. The second-order valence-electron chi connectivity index (χ2n) is 4.38. The fourth-order valence-electron chi connectivity index (χ4n) is 1.78. The van der Waals surface area contributed by atoms with E-state index in [1.54, 1.807) is 13.8 Å². The van der Waals surface area contributed by atoms with Gasteiger partial charge in [-0.2, -0.15) is 0 Å². The molecule has 0 saturated heterocycles. The second-order valence-corrected chi connectivity index (χ2v) is 4.38. The Morgan fingerprint density at radius 2 is 1.22 bits per heavy atom. The van der Waals surface area contributed by atoms with Gasteiger partial charge >= 0.3 is 7.69 Å². The molecule has 0 fully saturated rings. The summed E-state index contributed by atoms with van der Waals surface area (Å²) in [6.45, 7) is 4.20. The van der Waals surface area contributed by atoms with E-state index in [-0.39, 0.29) is 11.5 Å². The van der Waals surface area contributed by atoms with Crippen molar-refractivity contribution in [1.82, 2.24) is 0 Å². The summed E-state index contributed by atoms with van der Waals surface area (Å²) in [7, 11) is 1.06. The molecule has 0 aliphatic rings. The van der Waals surface area contributed by atoms with Gasteiger partial charge in [0, 0.05) is 12.1 Å². The summed E-state index contributed by atoms with van der Waals surface area (Å²) in [5.74, 6) is -0.0540. The van der Waals surface area contributed by atoms with Crippen molar-refractivity contribution in [2.75, 3.05) is 13.2 Å². The van der Waals surface area contributed by atoms with Crippen LogP contribution in [0, 0.1) is 11.6 Å². The Kier molecular flexibility index (Phi) is 6.08. The maximum absolute atomic E-state index is 13.4. The van der Waals surface area contributed by atoms with Crippen LogP contribution < -0.4 is 18.8 Å². The third kappa shape index (κ3) is 4.77.